The largest absolute Gasteiger partial charge is 0.492 e. The van der Waals surface area contributed by atoms with E-state index in [0.29, 0.717) is 6.54 Å². The van der Waals surface area contributed by atoms with E-state index in [1.807, 2.05) is 34.9 Å². The van der Waals surface area contributed by atoms with E-state index in [-0.39, 0.29) is 24.5 Å². The number of aliphatic hydroxyl groups is 1. The number of hydrogen-bond acceptors (Lipinski definition) is 5. The first-order valence-corrected chi connectivity index (χ1v) is 7.97. The van der Waals surface area contributed by atoms with Crippen molar-refractivity contribution in [2.75, 3.05) is 14.2 Å². The Kier molecular flexibility index (Phi) is 4.76. The van der Waals surface area contributed by atoms with Gasteiger partial charge in [-0.3, -0.25) is 9.69 Å². The Balaban J connectivity index is 1.92. The lowest BCUT2D eigenvalue weighted by atomic mass is 10.1. The molecule has 2 heterocycles. The molecule has 25 heavy (non-hydrogen) atoms. The van der Waals surface area contributed by atoms with Crippen molar-refractivity contribution >= 4 is 5.91 Å². The minimum Gasteiger partial charge on any atom is -0.492 e. The van der Waals surface area contributed by atoms with Crippen molar-refractivity contribution in [3.63, 3.8) is 0 Å². The van der Waals surface area contributed by atoms with Crippen LogP contribution >= 0.6 is 0 Å². The number of aromatic nitrogens is 2. The first-order valence-electron chi connectivity index (χ1n) is 7.97. The molecule has 132 valence electrons. The zero-order valence-electron chi connectivity index (χ0n) is 14.3. The summed E-state index contributed by atoms with van der Waals surface area (Å²) in [7, 11) is 2.82. The number of ether oxygens (including phenoxy) is 2. The van der Waals surface area contributed by atoms with Crippen LogP contribution in [0.15, 0.2) is 60.6 Å². The minimum absolute atomic E-state index is 0.0339. The molecule has 1 N–H and O–H groups in total. The predicted octanol–water partition coefficient (Wildman–Crippen LogP) is 1.51. The fraction of sp³-hybridized carbons (Fsp3) is 0.333. The molecular formula is C18H21N3O4. The number of carbonyl (C=O) groups is 1. The molecular weight excluding hydrogens is 322 g/mol. The maximum Gasteiger partial charge on any atom is 0.295 e. The second kappa shape index (κ2) is 6.98. The highest BCUT2D eigenvalue weighted by molar-refractivity contribution is 5.95. The van der Waals surface area contributed by atoms with Crippen molar-refractivity contribution in [2.45, 2.75) is 25.2 Å². The number of rotatable bonds is 7. The normalized spacial score (nSPS) is 20.3. The van der Waals surface area contributed by atoms with Gasteiger partial charge >= 0.3 is 0 Å². The molecule has 1 amide bonds. The van der Waals surface area contributed by atoms with E-state index in [2.05, 4.69) is 4.98 Å². The van der Waals surface area contributed by atoms with Gasteiger partial charge in [0.15, 0.2) is 5.76 Å². The summed E-state index contributed by atoms with van der Waals surface area (Å²) in [5, 5.41) is 11.4. The number of aryl methyl sites for hydroxylation is 1. The van der Waals surface area contributed by atoms with Gasteiger partial charge in [-0.25, -0.2) is 4.98 Å². The van der Waals surface area contributed by atoms with Crippen molar-refractivity contribution in [3.8, 4) is 0 Å². The molecule has 1 unspecified atom stereocenters. The van der Waals surface area contributed by atoms with Crippen molar-refractivity contribution in [1.82, 2.24) is 14.5 Å². The van der Waals surface area contributed by atoms with Crippen LogP contribution in [0.2, 0.25) is 0 Å². The number of hydrogen-bond donors (Lipinski definition) is 1. The molecule has 2 aromatic rings. The molecule has 0 saturated heterocycles. The molecule has 0 saturated carbocycles. The van der Waals surface area contributed by atoms with Gasteiger partial charge in [-0.05, 0) is 5.56 Å². The molecule has 0 radical (unpaired) electrons. The van der Waals surface area contributed by atoms with E-state index < -0.39 is 11.6 Å². The Morgan fingerprint density at radius 1 is 1.20 bits per heavy atom. The van der Waals surface area contributed by atoms with Gasteiger partial charge in [0, 0.05) is 31.9 Å². The average molecular weight is 343 g/mol. The summed E-state index contributed by atoms with van der Waals surface area (Å²) in [6, 6.07) is 9.49. The fourth-order valence-electron chi connectivity index (χ4n) is 3.05. The van der Waals surface area contributed by atoms with E-state index in [9.17, 15) is 9.90 Å². The molecule has 3 rings (SSSR count). The standard InChI is InChI=1S/C18H21N3O4/c1-24-15-16(25-2)18(23,8-10-20-11-9-19-13-20)21(17(15)22)12-14-6-4-3-5-7-14/h3-7,9,11,13,23H,8,10,12H2,1-2H3. The number of nitrogens with zero attached hydrogens (tertiary/aromatic N) is 3. The van der Waals surface area contributed by atoms with Crippen molar-refractivity contribution < 1.29 is 19.4 Å². The minimum atomic E-state index is -1.59. The molecule has 0 aliphatic carbocycles. The van der Waals surface area contributed by atoms with E-state index in [0.717, 1.165) is 5.56 Å². The summed E-state index contributed by atoms with van der Waals surface area (Å²) in [6.45, 7) is 0.721. The molecule has 1 aliphatic heterocycles. The van der Waals surface area contributed by atoms with Gasteiger partial charge in [-0.2, -0.15) is 0 Å². The molecule has 1 aliphatic rings. The van der Waals surface area contributed by atoms with Crippen molar-refractivity contribution in [3.05, 3.63) is 66.1 Å². The number of imidazole rings is 1. The highest BCUT2D eigenvalue weighted by Gasteiger charge is 2.52. The quantitative estimate of drug-likeness (QED) is 0.825. The van der Waals surface area contributed by atoms with Gasteiger partial charge < -0.3 is 19.1 Å². The summed E-state index contributed by atoms with van der Waals surface area (Å²) in [5.41, 5.74) is -0.679. The summed E-state index contributed by atoms with van der Waals surface area (Å²) < 4.78 is 12.4. The monoisotopic (exact) mass is 343 g/mol. The second-order valence-electron chi connectivity index (χ2n) is 5.81. The third kappa shape index (κ3) is 3.10. The number of amides is 1. The maximum atomic E-state index is 12.8. The van der Waals surface area contributed by atoms with Crippen LogP contribution in [0.1, 0.15) is 12.0 Å². The van der Waals surface area contributed by atoms with Gasteiger partial charge in [0.1, 0.15) is 0 Å². The number of methoxy groups -OCH3 is 2. The lowest BCUT2D eigenvalue weighted by Gasteiger charge is -2.34. The predicted molar refractivity (Wildman–Crippen MR) is 89.8 cm³/mol. The third-order valence-corrected chi connectivity index (χ3v) is 4.33. The van der Waals surface area contributed by atoms with E-state index in [4.69, 9.17) is 9.47 Å². The Hall–Kier alpha value is -2.80. The molecule has 1 aromatic carbocycles. The van der Waals surface area contributed by atoms with Crippen molar-refractivity contribution in [2.24, 2.45) is 0 Å². The van der Waals surface area contributed by atoms with Gasteiger partial charge in [-0.1, -0.05) is 30.3 Å². The topological polar surface area (TPSA) is 76.8 Å². The van der Waals surface area contributed by atoms with Crippen molar-refractivity contribution in [1.29, 1.82) is 0 Å². The third-order valence-electron chi connectivity index (χ3n) is 4.33. The number of carbonyl (C=O) groups excluding carboxylic acids is 1. The molecule has 0 bridgehead atoms. The van der Waals surface area contributed by atoms with Crippen LogP contribution in [0.25, 0.3) is 0 Å². The molecule has 0 fully saturated rings. The summed E-state index contributed by atoms with van der Waals surface area (Å²) in [5.74, 6) is -0.223. The molecule has 1 atom stereocenters. The lowest BCUT2D eigenvalue weighted by molar-refractivity contribution is -0.151. The Morgan fingerprint density at radius 3 is 2.56 bits per heavy atom. The summed E-state index contributed by atoms with van der Waals surface area (Å²) in [4.78, 5) is 18.2. The molecule has 7 nitrogen and oxygen atoms in total. The van der Waals surface area contributed by atoms with Gasteiger partial charge in [-0.15, -0.1) is 0 Å². The van der Waals surface area contributed by atoms with Crippen LogP contribution in [0, 0.1) is 0 Å². The van der Waals surface area contributed by atoms with Crippen LogP contribution in [0.4, 0.5) is 0 Å². The summed E-state index contributed by atoms with van der Waals surface area (Å²) >= 11 is 0. The van der Waals surface area contributed by atoms with E-state index >= 15 is 0 Å². The zero-order valence-corrected chi connectivity index (χ0v) is 14.3. The molecule has 1 aromatic heterocycles. The summed E-state index contributed by atoms with van der Waals surface area (Å²) in [6.07, 6.45) is 5.38. The number of benzene rings is 1. The first-order chi connectivity index (χ1) is 12.1. The van der Waals surface area contributed by atoms with Crippen LogP contribution in [0.5, 0.6) is 0 Å². The van der Waals surface area contributed by atoms with Gasteiger partial charge in [0.05, 0.1) is 20.5 Å². The van der Waals surface area contributed by atoms with Crippen LogP contribution in [0.3, 0.4) is 0 Å². The Bertz CT molecular complexity index is 758. The highest BCUT2D eigenvalue weighted by Crippen LogP contribution is 2.38. The lowest BCUT2D eigenvalue weighted by Crippen LogP contribution is -2.48. The van der Waals surface area contributed by atoms with Gasteiger partial charge in [0.2, 0.25) is 11.5 Å². The average Bonchev–Trinajstić information content (AvgIpc) is 3.21. The van der Waals surface area contributed by atoms with E-state index in [1.165, 1.54) is 19.1 Å². The molecule has 7 heteroatoms. The Morgan fingerprint density at radius 2 is 1.96 bits per heavy atom. The SMILES string of the molecule is COC1=C(OC)C(O)(CCn2ccnc2)N(Cc2ccccc2)C1=O. The maximum absolute atomic E-state index is 12.8. The fourth-order valence-corrected chi connectivity index (χ4v) is 3.05. The van der Waals surface area contributed by atoms with E-state index in [1.54, 1.807) is 18.7 Å². The zero-order chi connectivity index (χ0) is 17.9. The van der Waals surface area contributed by atoms with Crippen LogP contribution in [-0.4, -0.2) is 45.4 Å². The molecule has 0 spiro atoms. The first kappa shape index (κ1) is 17.0. The highest BCUT2D eigenvalue weighted by atomic mass is 16.5. The van der Waals surface area contributed by atoms with Crippen LogP contribution in [-0.2, 0) is 27.4 Å². The smallest absolute Gasteiger partial charge is 0.295 e. The second-order valence-corrected chi connectivity index (χ2v) is 5.81. The Labute approximate surface area is 146 Å². The van der Waals surface area contributed by atoms with Gasteiger partial charge in [0.25, 0.3) is 5.91 Å². The van der Waals surface area contributed by atoms with Crippen LogP contribution < -0.4 is 0 Å².